The minimum Gasteiger partial charge on any atom is -0.303 e. The zero-order valence-electron chi connectivity index (χ0n) is 11.6. The molecule has 18 heavy (non-hydrogen) atoms. The maximum atomic E-state index is 4.85. The van der Waals surface area contributed by atoms with Crippen LogP contribution < -0.4 is 0 Å². The van der Waals surface area contributed by atoms with E-state index in [1.807, 2.05) is 0 Å². The monoisotopic (exact) mass is 248 g/mol. The number of aryl methyl sites for hydroxylation is 1. The van der Waals surface area contributed by atoms with Crippen molar-refractivity contribution in [2.45, 2.75) is 57.9 Å². The second-order valence-electron chi connectivity index (χ2n) is 5.83. The standard InChI is InChI=1S/C14H24N4/c1-3-17-8-5-7-12(10-17)13-15-14-11(2)6-4-9-18(14)16-13/h11-12H,3-10H2,1-2H3. The third kappa shape index (κ3) is 2.18. The molecular weight excluding hydrogens is 224 g/mol. The summed E-state index contributed by atoms with van der Waals surface area (Å²) in [6, 6.07) is 0. The van der Waals surface area contributed by atoms with E-state index in [1.165, 1.54) is 38.1 Å². The number of likely N-dealkylation sites (N-methyl/N-ethyl adjacent to an activating group) is 1. The number of nitrogens with zero attached hydrogens (tertiary/aromatic N) is 4. The topological polar surface area (TPSA) is 34.0 Å². The molecular formula is C14H24N4. The molecule has 3 heterocycles. The molecule has 2 aliphatic heterocycles. The second kappa shape index (κ2) is 5.00. The van der Waals surface area contributed by atoms with Crippen molar-refractivity contribution in [1.29, 1.82) is 0 Å². The van der Waals surface area contributed by atoms with Gasteiger partial charge in [0.05, 0.1) is 0 Å². The van der Waals surface area contributed by atoms with Crippen LogP contribution in [-0.2, 0) is 6.54 Å². The minimum absolute atomic E-state index is 0.559. The molecule has 1 aromatic heterocycles. The van der Waals surface area contributed by atoms with Gasteiger partial charge in [-0.25, -0.2) is 9.67 Å². The molecule has 2 aliphatic rings. The number of hydrogen-bond acceptors (Lipinski definition) is 3. The molecule has 1 saturated heterocycles. The Morgan fingerprint density at radius 1 is 1.22 bits per heavy atom. The highest BCUT2D eigenvalue weighted by Crippen LogP contribution is 2.29. The van der Waals surface area contributed by atoms with Crippen molar-refractivity contribution < 1.29 is 0 Å². The SMILES string of the molecule is CCN1CCCC(c2nc3n(n2)CCCC3C)C1. The van der Waals surface area contributed by atoms with Crippen LogP contribution in [0.25, 0.3) is 0 Å². The zero-order valence-corrected chi connectivity index (χ0v) is 11.6. The van der Waals surface area contributed by atoms with E-state index >= 15 is 0 Å². The predicted molar refractivity (Wildman–Crippen MR) is 71.8 cm³/mol. The van der Waals surface area contributed by atoms with Gasteiger partial charge in [0.1, 0.15) is 5.82 Å². The lowest BCUT2D eigenvalue weighted by molar-refractivity contribution is 0.213. The molecule has 0 bridgehead atoms. The first-order valence-electron chi connectivity index (χ1n) is 7.45. The summed E-state index contributed by atoms with van der Waals surface area (Å²) in [7, 11) is 0. The van der Waals surface area contributed by atoms with Crippen LogP contribution in [0.3, 0.4) is 0 Å². The summed E-state index contributed by atoms with van der Waals surface area (Å²) >= 11 is 0. The van der Waals surface area contributed by atoms with Crippen LogP contribution in [0.4, 0.5) is 0 Å². The van der Waals surface area contributed by atoms with E-state index in [2.05, 4.69) is 23.4 Å². The molecule has 4 heteroatoms. The van der Waals surface area contributed by atoms with Gasteiger partial charge < -0.3 is 4.90 Å². The third-order valence-corrected chi connectivity index (χ3v) is 4.48. The molecule has 0 radical (unpaired) electrons. The minimum atomic E-state index is 0.559. The van der Waals surface area contributed by atoms with Gasteiger partial charge >= 0.3 is 0 Å². The summed E-state index contributed by atoms with van der Waals surface area (Å²) in [5.41, 5.74) is 0. The van der Waals surface area contributed by atoms with Gasteiger partial charge in [-0.3, -0.25) is 0 Å². The van der Waals surface area contributed by atoms with Crippen LogP contribution in [-0.4, -0.2) is 39.3 Å². The fourth-order valence-corrected chi connectivity index (χ4v) is 3.30. The van der Waals surface area contributed by atoms with Gasteiger partial charge in [0, 0.05) is 24.9 Å². The first-order valence-corrected chi connectivity index (χ1v) is 7.45. The van der Waals surface area contributed by atoms with Crippen LogP contribution >= 0.6 is 0 Å². The highest BCUT2D eigenvalue weighted by atomic mass is 15.4. The zero-order chi connectivity index (χ0) is 12.5. The Morgan fingerprint density at radius 2 is 2.06 bits per heavy atom. The number of rotatable bonds is 2. The summed E-state index contributed by atoms with van der Waals surface area (Å²) in [4.78, 5) is 7.37. The fraction of sp³-hybridized carbons (Fsp3) is 0.857. The molecule has 3 rings (SSSR count). The van der Waals surface area contributed by atoms with Gasteiger partial charge in [-0.05, 0) is 38.8 Å². The van der Waals surface area contributed by atoms with Crippen molar-refractivity contribution in [3.05, 3.63) is 11.6 Å². The molecule has 0 aliphatic carbocycles. The molecule has 1 aromatic rings. The van der Waals surface area contributed by atoms with Gasteiger partial charge in [-0.1, -0.05) is 13.8 Å². The highest BCUT2D eigenvalue weighted by Gasteiger charge is 2.27. The van der Waals surface area contributed by atoms with Crippen molar-refractivity contribution in [1.82, 2.24) is 19.7 Å². The Kier molecular flexibility index (Phi) is 3.37. The lowest BCUT2D eigenvalue weighted by Crippen LogP contribution is -2.34. The van der Waals surface area contributed by atoms with Gasteiger partial charge in [-0.15, -0.1) is 0 Å². The maximum Gasteiger partial charge on any atom is 0.155 e. The molecule has 0 N–H and O–H groups in total. The van der Waals surface area contributed by atoms with Gasteiger partial charge in [-0.2, -0.15) is 5.10 Å². The van der Waals surface area contributed by atoms with Crippen molar-refractivity contribution in [3.8, 4) is 0 Å². The molecule has 2 atom stereocenters. The number of fused-ring (bicyclic) bond motifs is 1. The van der Waals surface area contributed by atoms with E-state index in [0.29, 0.717) is 11.8 Å². The Bertz CT molecular complexity index is 412. The molecule has 100 valence electrons. The lowest BCUT2D eigenvalue weighted by atomic mass is 9.97. The predicted octanol–water partition coefficient (Wildman–Crippen LogP) is 2.37. The van der Waals surface area contributed by atoms with Crippen LogP contribution in [0.1, 0.15) is 63.0 Å². The summed E-state index contributed by atoms with van der Waals surface area (Å²) < 4.78 is 2.16. The largest absolute Gasteiger partial charge is 0.303 e. The summed E-state index contributed by atoms with van der Waals surface area (Å²) in [6.45, 7) is 9.14. The van der Waals surface area contributed by atoms with Gasteiger partial charge in [0.15, 0.2) is 5.82 Å². The molecule has 0 amide bonds. The second-order valence-corrected chi connectivity index (χ2v) is 5.83. The third-order valence-electron chi connectivity index (χ3n) is 4.48. The van der Waals surface area contributed by atoms with Crippen molar-refractivity contribution in [3.63, 3.8) is 0 Å². The lowest BCUT2D eigenvalue weighted by Gasteiger charge is -2.30. The Hall–Kier alpha value is -0.900. The smallest absolute Gasteiger partial charge is 0.155 e. The number of aromatic nitrogens is 3. The number of hydrogen-bond donors (Lipinski definition) is 0. The number of likely N-dealkylation sites (tertiary alicyclic amines) is 1. The van der Waals surface area contributed by atoms with Crippen molar-refractivity contribution >= 4 is 0 Å². The summed E-state index contributed by atoms with van der Waals surface area (Å²) in [5.74, 6) is 3.48. The van der Waals surface area contributed by atoms with Crippen LogP contribution in [0.15, 0.2) is 0 Å². The average molecular weight is 248 g/mol. The highest BCUT2D eigenvalue weighted by molar-refractivity contribution is 5.06. The quantitative estimate of drug-likeness (QED) is 0.806. The van der Waals surface area contributed by atoms with Crippen molar-refractivity contribution in [2.24, 2.45) is 0 Å². The van der Waals surface area contributed by atoms with Crippen LogP contribution in [0.5, 0.6) is 0 Å². The Morgan fingerprint density at radius 3 is 2.83 bits per heavy atom. The average Bonchev–Trinajstić information content (AvgIpc) is 2.84. The Labute approximate surface area is 109 Å². The first kappa shape index (κ1) is 12.2. The Balaban J connectivity index is 1.80. The fourth-order valence-electron chi connectivity index (χ4n) is 3.30. The van der Waals surface area contributed by atoms with E-state index in [9.17, 15) is 0 Å². The first-order chi connectivity index (χ1) is 8.78. The van der Waals surface area contributed by atoms with E-state index in [1.54, 1.807) is 0 Å². The molecule has 0 spiro atoms. The van der Waals surface area contributed by atoms with Crippen molar-refractivity contribution in [2.75, 3.05) is 19.6 Å². The van der Waals surface area contributed by atoms with E-state index in [0.717, 1.165) is 25.5 Å². The van der Waals surface area contributed by atoms with Gasteiger partial charge in [0.2, 0.25) is 0 Å². The van der Waals surface area contributed by atoms with E-state index in [4.69, 9.17) is 10.1 Å². The number of piperidine rings is 1. The van der Waals surface area contributed by atoms with Crippen LogP contribution in [0.2, 0.25) is 0 Å². The normalized spacial score (nSPS) is 29.2. The molecule has 0 saturated carbocycles. The molecule has 1 fully saturated rings. The molecule has 0 aromatic carbocycles. The summed E-state index contributed by atoms with van der Waals surface area (Å²) in [5, 5.41) is 4.77. The summed E-state index contributed by atoms with van der Waals surface area (Å²) in [6.07, 6.45) is 5.07. The molecule has 4 nitrogen and oxygen atoms in total. The maximum absolute atomic E-state index is 4.85. The van der Waals surface area contributed by atoms with E-state index in [-0.39, 0.29) is 0 Å². The van der Waals surface area contributed by atoms with Gasteiger partial charge in [0.25, 0.3) is 0 Å². The van der Waals surface area contributed by atoms with E-state index < -0.39 is 0 Å². The van der Waals surface area contributed by atoms with Crippen LogP contribution in [0, 0.1) is 0 Å². The molecule has 2 unspecified atom stereocenters.